The third-order valence-electron chi connectivity index (χ3n) is 5.96. The second-order valence-electron chi connectivity index (χ2n) is 8.60. The quantitative estimate of drug-likeness (QED) is 0.709. The predicted molar refractivity (Wildman–Crippen MR) is 124 cm³/mol. The molecule has 2 aliphatic rings. The molecule has 1 saturated heterocycles. The van der Waals surface area contributed by atoms with Gasteiger partial charge in [-0.25, -0.2) is 0 Å². The lowest BCUT2D eigenvalue weighted by Gasteiger charge is -2.35. The SMILES string of the molecule is CC(C)C(NCC(=O)N1CCN(Cc2cccs2)CC1)c1ccc2c(c1)OCCCO2. The molecule has 7 heteroatoms. The van der Waals surface area contributed by atoms with Crippen LogP contribution >= 0.6 is 11.3 Å². The van der Waals surface area contributed by atoms with Gasteiger partial charge in [-0.05, 0) is 35.1 Å². The summed E-state index contributed by atoms with van der Waals surface area (Å²) >= 11 is 1.80. The van der Waals surface area contributed by atoms with Crippen molar-refractivity contribution in [3.05, 3.63) is 46.2 Å². The van der Waals surface area contributed by atoms with Gasteiger partial charge in [0.05, 0.1) is 19.8 Å². The van der Waals surface area contributed by atoms with Crippen LogP contribution in [0.5, 0.6) is 11.5 Å². The summed E-state index contributed by atoms with van der Waals surface area (Å²) in [6.07, 6.45) is 0.894. The number of rotatable bonds is 7. The molecule has 0 aliphatic carbocycles. The van der Waals surface area contributed by atoms with Gasteiger partial charge in [0.15, 0.2) is 11.5 Å². The fourth-order valence-electron chi connectivity index (χ4n) is 4.20. The first-order chi connectivity index (χ1) is 15.1. The first kappa shape index (κ1) is 22.1. The number of carbonyl (C=O) groups excluding carboxylic acids is 1. The average Bonchev–Trinajstić information content (AvgIpc) is 3.16. The first-order valence-corrected chi connectivity index (χ1v) is 12.1. The lowest BCUT2D eigenvalue weighted by Crippen LogP contribution is -2.50. The van der Waals surface area contributed by atoms with Gasteiger partial charge in [-0.15, -0.1) is 11.3 Å². The van der Waals surface area contributed by atoms with E-state index in [-0.39, 0.29) is 11.9 Å². The summed E-state index contributed by atoms with van der Waals surface area (Å²) in [5.74, 6) is 2.13. The van der Waals surface area contributed by atoms with E-state index in [0.29, 0.717) is 25.7 Å². The highest BCUT2D eigenvalue weighted by atomic mass is 32.1. The maximum atomic E-state index is 12.9. The Morgan fingerprint density at radius 2 is 1.87 bits per heavy atom. The van der Waals surface area contributed by atoms with Crippen molar-refractivity contribution < 1.29 is 14.3 Å². The van der Waals surface area contributed by atoms with Crippen molar-refractivity contribution >= 4 is 17.2 Å². The third-order valence-corrected chi connectivity index (χ3v) is 6.82. The molecule has 3 heterocycles. The molecule has 31 heavy (non-hydrogen) atoms. The van der Waals surface area contributed by atoms with Crippen LogP contribution in [0.1, 0.15) is 36.8 Å². The van der Waals surface area contributed by atoms with Crippen LogP contribution < -0.4 is 14.8 Å². The summed E-state index contributed by atoms with van der Waals surface area (Å²) in [4.78, 5) is 18.7. The third kappa shape index (κ3) is 5.79. The smallest absolute Gasteiger partial charge is 0.236 e. The topological polar surface area (TPSA) is 54.0 Å². The van der Waals surface area contributed by atoms with E-state index in [0.717, 1.165) is 56.2 Å². The number of nitrogens with zero attached hydrogens (tertiary/aromatic N) is 2. The number of carbonyl (C=O) groups is 1. The number of thiophene rings is 1. The number of hydrogen-bond donors (Lipinski definition) is 1. The molecule has 168 valence electrons. The predicted octanol–water partition coefficient (Wildman–Crippen LogP) is 3.54. The molecule has 2 aliphatic heterocycles. The normalized spacial score (nSPS) is 18.1. The minimum atomic E-state index is 0.0845. The molecule has 1 amide bonds. The average molecular weight is 444 g/mol. The van der Waals surface area contributed by atoms with Crippen LogP contribution in [0.15, 0.2) is 35.7 Å². The molecule has 0 radical (unpaired) electrons. The monoisotopic (exact) mass is 443 g/mol. The molecule has 1 aromatic carbocycles. The van der Waals surface area contributed by atoms with Crippen LogP contribution in [0.2, 0.25) is 0 Å². The molecule has 1 N–H and O–H groups in total. The Morgan fingerprint density at radius 3 is 2.58 bits per heavy atom. The van der Waals surface area contributed by atoms with Crippen molar-refractivity contribution in [3.8, 4) is 11.5 Å². The number of hydrogen-bond acceptors (Lipinski definition) is 6. The van der Waals surface area contributed by atoms with Gasteiger partial charge in [-0.3, -0.25) is 9.69 Å². The van der Waals surface area contributed by atoms with Crippen LogP contribution in [-0.4, -0.2) is 61.6 Å². The number of piperazine rings is 1. The van der Waals surface area contributed by atoms with Gasteiger partial charge in [0.1, 0.15) is 0 Å². The molecule has 1 atom stereocenters. The standard InChI is InChI=1S/C24H33N3O3S/c1-18(2)24(19-6-7-21-22(15-19)30-13-4-12-29-21)25-16-23(28)27-10-8-26(9-11-27)17-20-5-3-14-31-20/h3,5-7,14-15,18,24-25H,4,8-13,16-17H2,1-2H3. The van der Waals surface area contributed by atoms with E-state index in [1.807, 2.05) is 11.0 Å². The van der Waals surface area contributed by atoms with Crippen LogP contribution in [0.3, 0.4) is 0 Å². The Kier molecular flexibility index (Phi) is 7.48. The minimum absolute atomic E-state index is 0.0845. The van der Waals surface area contributed by atoms with Crippen molar-refractivity contribution in [1.29, 1.82) is 0 Å². The number of fused-ring (bicyclic) bond motifs is 1. The van der Waals surface area contributed by atoms with E-state index in [1.165, 1.54) is 4.88 Å². The van der Waals surface area contributed by atoms with E-state index in [1.54, 1.807) is 11.3 Å². The zero-order valence-electron chi connectivity index (χ0n) is 18.5. The summed E-state index contributed by atoms with van der Waals surface area (Å²) in [5, 5.41) is 5.62. The maximum absolute atomic E-state index is 12.9. The van der Waals surface area contributed by atoms with Crippen molar-refractivity contribution in [1.82, 2.24) is 15.1 Å². The molecule has 0 spiro atoms. The number of benzene rings is 1. The molecular formula is C24H33N3O3S. The Labute approximate surface area is 189 Å². The van der Waals surface area contributed by atoms with Crippen molar-refractivity contribution in [2.75, 3.05) is 45.9 Å². The van der Waals surface area contributed by atoms with Gasteiger partial charge in [0.2, 0.25) is 5.91 Å². The van der Waals surface area contributed by atoms with Gasteiger partial charge in [-0.2, -0.15) is 0 Å². The molecule has 1 unspecified atom stereocenters. The highest BCUT2D eigenvalue weighted by Crippen LogP contribution is 2.34. The van der Waals surface area contributed by atoms with E-state index >= 15 is 0 Å². The summed E-state index contributed by atoms with van der Waals surface area (Å²) in [6.45, 7) is 10.5. The second kappa shape index (κ2) is 10.5. The molecule has 6 nitrogen and oxygen atoms in total. The van der Waals surface area contributed by atoms with Crippen LogP contribution in [0.25, 0.3) is 0 Å². The van der Waals surface area contributed by atoms with Crippen LogP contribution in [0.4, 0.5) is 0 Å². The van der Waals surface area contributed by atoms with Gasteiger partial charge >= 0.3 is 0 Å². The van der Waals surface area contributed by atoms with Crippen molar-refractivity contribution in [2.45, 2.75) is 32.9 Å². The van der Waals surface area contributed by atoms with Gasteiger partial charge in [0.25, 0.3) is 0 Å². The van der Waals surface area contributed by atoms with Gasteiger partial charge in [-0.1, -0.05) is 26.0 Å². The minimum Gasteiger partial charge on any atom is -0.490 e. The number of amides is 1. The molecule has 2 aromatic rings. The Morgan fingerprint density at radius 1 is 1.10 bits per heavy atom. The fourth-order valence-corrected chi connectivity index (χ4v) is 4.95. The largest absolute Gasteiger partial charge is 0.490 e. The number of nitrogens with one attached hydrogen (secondary N) is 1. The first-order valence-electron chi connectivity index (χ1n) is 11.3. The highest BCUT2D eigenvalue weighted by molar-refractivity contribution is 7.09. The summed E-state index contributed by atoms with van der Waals surface area (Å²) in [6, 6.07) is 10.5. The lowest BCUT2D eigenvalue weighted by molar-refractivity contribution is -0.132. The number of ether oxygens (including phenoxy) is 2. The lowest BCUT2D eigenvalue weighted by atomic mass is 9.95. The molecule has 4 rings (SSSR count). The van der Waals surface area contributed by atoms with E-state index in [2.05, 4.69) is 53.7 Å². The summed E-state index contributed by atoms with van der Waals surface area (Å²) < 4.78 is 11.6. The molecule has 1 fully saturated rings. The molecule has 0 bridgehead atoms. The van der Waals surface area contributed by atoms with Gasteiger partial charge in [0, 0.05) is 50.1 Å². The summed E-state index contributed by atoms with van der Waals surface area (Å²) in [7, 11) is 0. The van der Waals surface area contributed by atoms with E-state index < -0.39 is 0 Å². The van der Waals surface area contributed by atoms with Crippen LogP contribution in [-0.2, 0) is 11.3 Å². The summed E-state index contributed by atoms with van der Waals surface area (Å²) in [5.41, 5.74) is 1.13. The Hall–Kier alpha value is -2.09. The molecule has 1 aromatic heterocycles. The van der Waals surface area contributed by atoms with Gasteiger partial charge < -0.3 is 19.7 Å². The fraction of sp³-hybridized carbons (Fsp3) is 0.542. The highest BCUT2D eigenvalue weighted by Gasteiger charge is 2.24. The Bertz CT molecular complexity index is 848. The molecular weight excluding hydrogens is 410 g/mol. The zero-order chi connectivity index (χ0) is 21.6. The molecule has 0 saturated carbocycles. The Balaban J connectivity index is 1.30. The van der Waals surface area contributed by atoms with Crippen molar-refractivity contribution in [2.24, 2.45) is 5.92 Å². The van der Waals surface area contributed by atoms with Crippen LogP contribution in [0, 0.1) is 5.92 Å². The zero-order valence-corrected chi connectivity index (χ0v) is 19.3. The van der Waals surface area contributed by atoms with Crippen molar-refractivity contribution in [3.63, 3.8) is 0 Å². The maximum Gasteiger partial charge on any atom is 0.236 e. The second-order valence-corrected chi connectivity index (χ2v) is 9.63. The van der Waals surface area contributed by atoms with E-state index in [9.17, 15) is 4.79 Å². The van der Waals surface area contributed by atoms with E-state index in [4.69, 9.17) is 9.47 Å².